The summed E-state index contributed by atoms with van der Waals surface area (Å²) in [5.74, 6) is -0.0708. The first-order valence-corrected chi connectivity index (χ1v) is 8.29. The van der Waals surface area contributed by atoms with Gasteiger partial charge in [-0.3, -0.25) is 9.59 Å². The highest BCUT2D eigenvalue weighted by Crippen LogP contribution is 2.19. The lowest BCUT2D eigenvalue weighted by Crippen LogP contribution is -2.57. The average Bonchev–Trinajstić information content (AvgIpc) is 2.57. The number of amides is 2. The van der Waals surface area contributed by atoms with Gasteiger partial charge in [0.1, 0.15) is 12.6 Å². The van der Waals surface area contributed by atoms with Gasteiger partial charge in [0.15, 0.2) is 0 Å². The summed E-state index contributed by atoms with van der Waals surface area (Å²) in [5.41, 5.74) is 1.95. The second-order valence-electron chi connectivity index (χ2n) is 6.01. The van der Waals surface area contributed by atoms with Crippen molar-refractivity contribution in [1.29, 1.82) is 0 Å². The van der Waals surface area contributed by atoms with E-state index in [1.165, 1.54) is 0 Å². The summed E-state index contributed by atoms with van der Waals surface area (Å²) < 4.78 is 0. The minimum atomic E-state index is -0.478. The first-order valence-electron chi connectivity index (χ1n) is 7.91. The molecule has 0 bridgehead atoms. The lowest BCUT2D eigenvalue weighted by atomic mass is 10.1. The Hall–Kier alpha value is -2.33. The van der Waals surface area contributed by atoms with Crippen molar-refractivity contribution in [3.63, 3.8) is 0 Å². The predicted molar refractivity (Wildman–Crippen MR) is 93.3 cm³/mol. The van der Waals surface area contributed by atoms with Crippen LogP contribution in [-0.2, 0) is 22.7 Å². The molecule has 0 unspecified atom stereocenters. The van der Waals surface area contributed by atoms with Gasteiger partial charge >= 0.3 is 0 Å². The first-order chi connectivity index (χ1) is 11.5. The fourth-order valence-electron chi connectivity index (χ4n) is 2.94. The number of nitrogens with zero attached hydrogens (tertiary/aromatic N) is 2. The molecule has 0 saturated carbocycles. The molecule has 2 amide bonds. The number of carbonyl (C=O) groups is 2. The number of benzene rings is 2. The summed E-state index contributed by atoms with van der Waals surface area (Å²) in [7, 11) is 0. The number of halogens is 1. The SMILES string of the molecule is C[C@H]1C(=O)N(Cc2ccccc2)CC(=O)N1Cc1cccc(Cl)c1. The molecule has 1 atom stereocenters. The fraction of sp³-hybridized carbons (Fsp3) is 0.263. The molecule has 3 rings (SSSR count). The van der Waals surface area contributed by atoms with Gasteiger partial charge in [-0.25, -0.2) is 0 Å². The van der Waals surface area contributed by atoms with Crippen molar-refractivity contribution in [2.75, 3.05) is 6.54 Å². The second kappa shape index (κ2) is 7.05. The number of hydrogen-bond acceptors (Lipinski definition) is 2. The quantitative estimate of drug-likeness (QED) is 0.856. The van der Waals surface area contributed by atoms with E-state index >= 15 is 0 Å². The van der Waals surface area contributed by atoms with Gasteiger partial charge in [-0.05, 0) is 30.2 Å². The first kappa shape index (κ1) is 16.5. The number of piperazine rings is 1. The molecule has 2 aromatic rings. The van der Waals surface area contributed by atoms with Gasteiger partial charge in [0, 0.05) is 18.1 Å². The minimum absolute atomic E-state index is 0.0273. The Morgan fingerprint density at radius 3 is 2.42 bits per heavy atom. The van der Waals surface area contributed by atoms with Crippen LogP contribution in [0.1, 0.15) is 18.1 Å². The largest absolute Gasteiger partial charge is 0.327 e. The Morgan fingerprint density at radius 2 is 1.71 bits per heavy atom. The van der Waals surface area contributed by atoms with Crippen LogP contribution in [0.4, 0.5) is 0 Å². The van der Waals surface area contributed by atoms with Crippen molar-refractivity contribution in [2.24, 2.45) is 0 Å². The monoisotopic (exact) mass is 342 g/mol. The molecule has 0 radical (unpaired) electrons. The molecular weight excluding hydrogens is 324 g/mol. The van der Waals surface area contributed by atoms with Crippen LogP contribution < -0.4 is 0 Å². The summed E-state index contributed by atoms with van der Waals surface area (Å²) in [4.78, 5) is 28.4. The molecule has 124 valence electrons. The highest BCUT2D eigenvalue weighted by Gasteiger charge is 2.36. The highest BCUT2D eigenvalue weighted by molar-refractivity contribution is 6.30. The molecule has 24 heavy (non-hydrogen) atoms. The maximum absolute atomic E-state index is 12.6. The molecule has 5 heteroatoms. The maximum Gasteiger partial charge on any atom is 0.245 e. The zero-order chi connectivity index (χ0) is 17.1. The Kier molecular flexibility index (Phi) is 4.86. The van der Waals surface area contributed by atoms with Crippen LogP contribution in [0, 0.1) is 0 Å². The van der Waals surface area contributed by atoms with Gasteiger partial charge in [-0.15, -0.1) is 0 Å². The zero-order valence-corrected chi connectivity index (χ0v) is 14.2. The van der Waals surface area contributed by atoms with E-state index in [9.17, 15) is 9.59 Å². The van der Waals surface area contributed by atoms with Crippen LogP contribution in [0.3, 0.4) is 0 Å². The van der Waals surface area contributed by atoms with Crippen molar-refractivity contribution in [1.82, 2.24) is 9.80 Å². The van der Waals surface area contributed by atoms with Crippen molar-refractivity contribution < 1.29 is 9.59 Å². The molecular formula is C19H19ClN2O2. The normalized spacial score (nSPS) is 18.2. The van der Waals surface area contributed by atoms with Gasteiger partial charge in [0.2, 0.25) is 11.8 Å². The number of hydrogen-bond donors (Lipinski definition) is 0. The van der Waals surface area contributed by atoms with Gasteiger partial charge in [-0.2, -0.15) is 0 Å². The van der Waals surface area contributed by atoms with E-state index in [0.29, 0.717) is 18.1 Å². The lowest BCUT2D eigenvalue weighted by molar-refractivity contribution is -0.156. The lowest BCUT2D eigenvalue weighted by Gasteiger charge is -2.38. The third-order valence-electron chi connectivity index (χ3n) is 4.24. The topological polar surface area (TPSA) is 40.6 Å². The van der Waals surface area contributed by atoms with Crippen LogP contribution in [0.5, 0.6) is 0 Å². The standard InChI is InChI=1S/C19H19ClN2O2/c1-14-19(24)21(11-15-6-3-2-4-7-15)13-18(23)22(14)12-16-8-5-9-17(20)10-16/h2-10,14H,11-13H2,1H3/t14-/m0/s1. The second-order valence-corrected chi connectivity index (χ2v) is 6.44. The number of carbonyl (C=O) groups excluding carboxylic acids is 2. The maximum atomic E-state index is 12.6. The molecule has 0 aliphatic carbocycles. The van der Waals surface area contributed by atoms with E-state index in [0.717, 1.165) is 11.1 Å². The molecule has 4 nitrogen and oxygen atoms in total. The minimum Gasteiger partial charge on any atom is -0.327 e. The van der Waals surface area contributed by atoms with Crippen LogP contribution >= 0.6 is 11.6 Å². The van der Waals surface area contributed by atoms with Crippen LogP contribution in [0.25, 0.3) is 0 Å². The molecule has 2 aromatic carbocycles. The van der Waals surface area contributed by atoms with Gasteiger partial charge in [0.25, 0.3) is 0 Å². The van der Waals surface area contributed by atoms with Crippen molar-refractivity contribution in [2.45, 2.75) is 26.1 Å². The Bertz CT molecular complexity index is 748. The Morgan fingerprint density at radius 1 is 1.00 bits per heavy atom. The molecule has 0 aromatic heterocycles. The summed E-state index contributed by atoms with van der Waals surface area (Å²) >= 11 is 6.00. The summed E-state index contributed by atoms with van der Waals surface area (Å²) in [5, 5.41) is 0.627. The molecule has 1 saturated heterocycles. The van der Waals surface area contributed by atoms with Crippen molar-refractivity contribution in [3.05, 3.63) is 70.7 Å². The molecule has 1 aliphatic rings. The van der Waals surface area contributed by atoms with E-state index in [-0.39, 0.29) is 18.4 Å². The molecule has 1 fully saturated rings. The van der Waals surface area contributed by atoms with Crippen molar-refractivity contribution >= 4 is 23.4 Å². The predicted octanol–water partition coefficient (Wildman–Crippen LogP) is 3.10. The Labute approximate surface area is 146 Å². The van der Waals surface area contributed by atoms with Gasteiger partial charge in [0.05, 0.1) is 0 Å². The summed E-state index contributed by atoms with van der Waals surface area (Å²) in [6.45, 7) is 2.74. The van der Waals surface area contributed by atoms with Crippen LogP contribution in [0.2, 0.25) is 5.02 Å². The van der Waals surface area contributed by atoms with Gasteiger partial charge < -0.3 is 9.80 Å². The summed E-state index contributed by atoms with van der Waals surface area (Å²) in [6.07, 6.45) is 0. The van der Waals surface area contributed by atoms with E-state index in [1.807, 2.05) is 48.5 Å². The van der Waals surface area contributed by atoms with Gasteiger partial charge in [-0.1, -0.05) is 54.1 Å². The highest BCUT2D eigenvalue weighted by atomic mass is 35.5. The Balaban J connectivity index is 1.72. The molecule has 1 heterocycles. The smallest absolute Gasteiger partial charge is 0.245 e. The van der Waals surface area contributed by atoms with Crippen LogP contribution in [-0.4, -0.2) is 34.2 Å². The molecule has 0 spiro atoms. The fourth-order valence-corrected chi connectivity index (χ4v) is 3.15. The zero-order valence-electron chi connectivity index (χ0n) is 13.5. The average molecular weight is 343 g/mol. The van der Waals surface area contributed by atoms with E-state index in [1.54, 1.807) is 22.8 Å². The summed E-state index contributed by atoms with van der Waals surface area (Å²) in [6, 6.07) is 16.6. The third-order valence-corrected chi connectivity index (χ3v) is 4.48. The van der Waals surface area contributed by atoms with Crippen LogP contribution in [0.15, 0.2) is 54.6 Å². The van der Waals surface area contributed by atoms with Crippen molar-refractivity contribution in [3.8, 4) is 0 Å². The third kappa shape index (κ3) is 3.60. The molecule has 1 aliphatic heterocycles. The van der Waals surface area contributed by atoms with E-state index in [4.69, 9.17) is 11.6 Å². The number of rotatable bonds is 4. The molecule has 0 N–H and O–H groups in total. The van der Waals surface area contributed by atoms with E-state index in [2.05, 4.69) is 0 Å². The van der Waals surface area contributed by atoms with E-state index < -0.39 is 6.04 Å².